The summed E-state index contributed by atoms with van der Waals surface area (Å²) >= 11 is 0. The van der Waals surface area contributed by atoms with Crippen LogP contribution in [-0.2, 0) is 9.26 Å². The number of fused-ring (bicyclic) bond motifs is 2. The molecule has 2 heterocycles. The van der Waals surface area contributed by atoms with Gasteiger partial charge in [-0.05, 0) is 45.8 Å². The minimum Gasteiger partial charge on any atom is -0.444 e. The Morgan fingerprint density at radius 1 is 1.26 bits per heavy atom. The average Bonchev–Trinajstić information content (AvgIpc) is 2.69. The molecule has 0 aromatic heterocycles. The zero-order valence-electron chi connectivity index (χ0n) is 18.2. The Morgan fingerprint density at radius 3 is 2.37 bits per heavy atom. The van der Waals surface area contributed by atoms with Crippen LogP contribution >= 0.6 is 0 Å². The number of alkyl carbamates (subject to hydrolysis) is 1. The molecular formula is C19H35N3O4Si. The van der Waals surface area contributed by atoms with E-state index in [-0.39, 0.29) is 23.2 Å². The molecule has 2 aliphatic heterocycles. The molecule has 7 nitrogen and oxygen atoms in total. The van der Waals surface area contributed by atoms with Crippen LogP contribution in [0.15, 0.2) is 11.6 Å². The molecule has 2 aliphatic rings. The lowest BCUT2D eigenvalue weighted by atomic mass is 10.0. The normalized spacial score (nSPS) is 23.4. The van der Waals surface area contributed by atoms with Crippen LogP contribution in [0.1, 0.15) is 48.5 Å². The first-order valence-corrected chi connectivity index (χ1v) is 12.5. The number of urea groups is 1. The highest BCUT2D eigenvalue weighted by atomic mass is 28.4. The second-order valence-electron chi connectivity index (χ2n) is 9.99. The average molecular weight is 398 g/mol. The number of amides is 3. The summed E-state index contributed by atoms with van der Waals surface area (Å²) in [5, 5.41) is 4.34. The van der Waals surface area contributed by atoms with Crippen LogP contribution in [-0.4, -0.2) is 61.2 Å². The largest absolute Gasteiger partial charge is 0.444 e. The third-order valence-corrected chi connectivity index (χ3v) is 9.71. The van der Waals surface area contributed by atoms with E-state index in [1.807, 2.05) is 27.7 Å². The molecule has 2 bridgehead atoms. The van der Waals surface area contributed by atoms with E-state index in [0.717, 1.165) is 5.57 Å². The maximum Gasteiger partial charge on any atom is 0.407 e. The number of hydrogen-bond acceptors (Lipinski definition) is 4. The highest BCUT2D eigenvalue weighted by Gasteiger charge is 2.49. The molecule has 8 heteroatoms. The highest BCUT2D eigenvalue weighted by molar-refractivity contribution is 6.74. The van der Waals surface area contributed by atoms with Crippen molar-refractivity contribution in [2.45, 2.75) is 84.3 Å². The summed E-state index contributed by atoms with van der Waals surface area (Å²) < 4.78 is 11.6. The van der Waals surface area contributed by atoms with Crippen molar-refractivity contribution in [3.8, 4) is 0 Å². The molecule has 1 saturated heterocycles. The van der Waals surface area contributed by atoms with E-state index in [0.29, 0.717) is 13.1 Å². The van der Waals surface area contributed by atoms with E-state index in [4.69, 9.17) is 9.26 Å². The van der Waals surface area contributed by atoms with Gasteiger partial charge in [-0.3, -0.25) is 0 Å². The second-order valence-corrected chi connectivity index (χ2v) is 14.7. The van der Waals surface area contributed by atoms with Crippen molar-refractivity contribution in [3.63, 3.8) is 0 Å². The topological polar surface area (TPSA) is 71.1 Å². The van der Waals surface area contributed by atoms with Crippen LogP contribution in [0.2, 0.25) is 18.1 Å². The Balaban J connectivity index is 2.07. The number of hydrogen-bond donors (Lipinski definition) is 1. The SMILES string of the molecule is CC1=CC2CN(C(=O)N2O[Si](C)(C)C(C)(C)C)[C@@H]1CNC(=O)OC(C)(C)C. The molecule has 27 heavy (non-hydrogen) atoms. The summed E-state index contributed by atoms with van der Waals surface area (Å²) in [5.74, 6) is 0. The summed E-state index contributed by atoms with van der Waals surface area (Å²) in [7, 11) is -2.12. The molecule has 2 rings (SSSR count). The van der Waals surface area contributed by atoms with Gasteiger partial charge in [0.05, 0.1) is 12.1 Å². The van der Waals surface area contributed by atoms with Gasteiger partial charge >= 0.3 is 12.1 Å². The number of nitrogens with zero attached hydrogens (tertiary/aromatic N) is 2. The van der Waals surface area contributed by atoms with Crippen LogP contribution in [0.3, 0.4) is 0 Å². The molecule has 0 aromatic carbocycles. The Bertz CT molecular complexity index is 634. The maximum absolute atomic E-state index is 13.0. The monoisotopic (exact) mass is 397 g/mol. The van der Waals surface area contributed by atoms with Gasteiger partial charge < -0.3 is 19.5 Å². The molecule has 1 N–H and O–H groups in total. The lowest BCUT2D eigenvalue weighted by molar-refractivity contribution is -0.0296. The number of ether oxygens (including phenoxy) is 1. The van der Waals surface area contributed by atoms with Crippen molar-refractivity contribution >= 4 is 20.4 Å². The van der Waals surface area contributed by atoms with E-state index in [9.17, 15) is 9.59 Å². The van der Waals surface area contributed by atoms with E-state index < -0.39 is 20.0 Å². The van der Waals surface area contributed by atoms with Crippen molar-refractivity contribution in [2.75, 3.05) is 13.1 Å². The molecular weight excluding hydrogens is 362 g/mol. The zero-order chi connectivity index (χ0) is 20.8. The third-order valence-electron chi connectivity index (χ3n) is 5.45. The summed E-state index contributed by atoms with van der Waals surface area (Å²) in [5.41, 5.74) is 0.501. The molecule has 1 fully saturated rings. The van der Waals surface area contributed by atoms with Crippen molar-refractivity contribution in [1.82, 2.24) is 15.3 Å². The summed E-state index contributed by atoms with van der Waals surface area (Å²) in [6, 6.07) is -0.396. The molecule has 3 amide bonds. The standard InChI is InChI=1S/C19H35N3O4Si/c1-13-10-14-12-21(15(13)11-20-16(23)25-18(2,3)4)17(24)22(14)26-27(8,9)19(5,6)7/h10,14-15H,11-12H2,1-9H3,(H,20,23)/t14?,15-/m1/s1. The first kappa shape index (κ1) is 21.8. The molecule has 0 saturated carbocycles. The lowest BCUT2D eigenvalue weighted by Crippen LogP contribution is -2.50. The van der Waals surface area contributed by atoms with Gasteiger partial charge in [-0.15, -0.1) is 0 Å². The van der Waals surface area contributed by atoms with E-state index in [2.05, 4.69) is 45.3 Å². The number of hydroxylamine groups is 2. The number of rotatable bonds is 4. The van der Waals surface area contributed by atoms with Crippen LogP contribution < -0.4 is 5.32 Å². The van der Waals surface area contributed by atoms with Gasteiger partial charge in [-0.25, -0.2) is 14.7 Å². The molecule has 1 unspecified atom stereocenters. The summed E-state index contributed by atoms with van der Waals surface area (Å²) in [4.78, 5) is 26.7. The summed E-state index contributed by atoms with van der Waals surface area (Å²) in [6.45, 7) is 19.1. The van der Waals surface area contributed by atoms with Crippen LogP contribution in [0, 0.1) is 0 Å². The van der Waals surface area contributed by atoms with E-state index in [1.165, 1.54) is 0 Å². The Hall–Kier alpha value is -1.54. The molecule has 2 atom stereocenters. The Labute approximate surface area is 164 Å². The van der Waals surface area contributed by atoms with Gasteiger partial charge in [0.1, 0.15) is 5.60 Å². The molecule has 0 radical (unpaired) electrons. The van der Waals surface area contributed by atoms with E-state index in [1.54, 1.807) is 9.96 Å². The van der Waals surface area contributed by atoms with Crippen LogP contribution in [0.4, 0.5) is 9.59 Å². The van der Waals surface area contributed by atoms with Crippen molar-refractivity contribution in [3.05, 3.63) is 11.6 Å². The predicted octanol–water partition coefficient (Wildman–Crippen LogP) is 3.88. The van der Waals surface area contributed by atoms with Gasteiger partial charge in [-0.1, -0.05) is 32.4 Å². The quantitative estimate of drug-likeness (QED) is 0.577. The first-order chi connectivity index (χ1) is 12.1. The number of carbonyl (C=O) groups excluding carboxylic acids is 2. The van der Waals surface area contributed by atoms with Gasteiger partial charge in [-0.2, -0.15) is 0 Å². The zero-order valence-corrected chi connectivity index (χ0v) is 19.2. The van der Waals surface area contributed by atoms with Gasteiger partial charge in [0.2, 0.25) is 8.32 Å². The Morgan fingerprint density at radius 2 is 1.85 bits per heavy atom. The fourth-order valence-corrected chi connectivity index (χ4v) is 3.90. The van der Waals surface area contributed by atoms with Crippen molar-refractivity contribution < 1.29 is 18.9 Å². The predicted molar refractivity (Wildman–Crippen MR) is 108 cm³/mol. The first-order valence-electron chi connectivity index (χ1n) is 9.56. The lowest BCUT2D eigenvalue weighted by Gasteiger charge is -2.39. The van der Waals surface area contributed by atoms with Crippen molar-refractivity contribution in [1.29, 1.82) is 0 Å². The van der Waals surface area contributed by atoms with E-state index >= 15 is 0 Å². The summed E-state index contributed by atoms with van der Waals surface area (Å²) in [6.07, 6.45) is 1.61. The third kappa shape index (κ3) is 4.84. The fourth-order valence-electron chi connectivity index (χ4n) is 2.92. The maximum atomic E-state index is 13.0. The Kier molecular flexibility index (Phi) is 5.74. The highest BCUT2D eigenvalue weighted by Crippen LogP contribution is 2.39. The van der Waals surface area contributed by atoms with Gasteiger partial charge in [0.15, 0.2) is 0 Å². The molecule has 0 spiro atoms. The number of nitrogens with one attached hydrogen (secondary N) is 1. The van der Waals surface area contributed by atoms with Gasteiger partial charge in [0.25, 0.3) is 0 Å². The van der Waals surface area contributed by atoms with Crippen molar-refractivity contribution in [2.24, 2.45) is 0 Å². The van der Waals surface area contributed by atoms with Crippen LogP contribution in [0.25, 0.3) is 0 Å². The van der Waals surface area contributed by atoms with Crippen LogP contribution in [0.5, 0.6) is 0 Å². The fraction of sp³-hybridized carbons (Fsp3) is 0.789. The van der Waals surface area contributed by atoms with Gasteiger partial charge in [0, 0.05) is 13.1 Å². The minimum absolute atomic E-state index is 0.00966. The minimum atomic E-state index is -2.12. The smallest absolute Gasteiger partial charge is 0.407 e. The molecule has 0 aromatic rings. The number of carbonyl (C=O) groups is 2. The molecule has 154 valence electrons. The molecule has 0 aliphatic carbocycles. The second kappa shape index (κ2) is 7.13.